The number of Topliss-reactive ketones (excluding diaryl/α,β-unsaturated/α-hetero) is 2. The van der Waals surface area contributed by atoms with Gasteiger partial charge < -0.3 is 4.74 Å². The lowest BCUT2D eigenvalue weighted by Crippen LogP contribution is -2.13. The molecule has 9 aromatic carbocycles. The predicted molar refractivity (Wildman–Crippen MR) is 382 cm³/mol. The fraction of sp³-hybridized carbons (Fsp3) is 0.126. The van der Waals surface area contributed by atoms with Crippen molar-refractivity contribution in [3.05, 3.63) is 386 Å². The van der Waals surface area contributed by atoms with Gasteiger partial charge in [0.1, 0.15) is 11.5 Å². The summed E-state index contributed by atoms with van der Waals surface area (Å²) in [4.78, 5) is 29.5. The van der Waals surface area contributed by atoms with Gasteiger partial charge in [0.05, 0.1) is 0 Å². The summed E-state index contributed by atoms with van der Waals surface area (Å²) in [5, 5.41) is 0. The molecular formula is C87H80O3. The van der Waals surface area contributed by atoms with Crippen molar-refractivity contribution >= 4 is 39.4 Å². The van der Waals surface area contributed by atoms with E-state index in [2.05, 4.69) is 137 Å². The lowest BCUT2D eigenvalue weighted by Gasteiger charge is -2.20. The first-order valence-corrected chi connectivity index (χ1v) is 30.9. The Hall–Kier alpha value is -10.8. The standard InChI is InChI=1S/C61H46O3.C8H6.2C7H8.2C2H6/c1-40-25-27-48(28-26-40)54(57(45-19-11-6-12-20-45)60(62)43(4)44-17-9-5-10-18-44)49-29-33-52(34-30-49)64-53-35-31-50(32-36-53)55-56(51-38-41(2)37-42(3)39-51)59(47-23-15-8-16-24-47)61(63)58(55)46-21-13-7-14-22-46;1-2-8-6-4-3-5-7-8;2*1-7-5-3-2-4-6-7;2*1-2/h7-9,11,13-39H,4,6,12H2,1-3H3;1,3-7H;2*2-6H,1H3;2*1-2H3/b57-54-;;;;;. The van der Waals surface area contributed by atoms with Crippen molar-refractivity contribution in [1.29, 1.82) is 0 Å². The third kappa shape index (κ3) is 18.1. The van der Waals surface area contributed by atoms with E-state index in [-0.39, 0.29) is 11.6 Å². The molecule has 0 fully saturated rings. The molecule has 0 bridgehead atoms. The maximum Gasteiger partial charge on any atom is 0.195 e. The van der Waals surface area contributed by atoms with E-state index in [4.69, 9.17) is 11.2 Å². The summed E-state index contributed by atoms with van der Waals surface area (Å²) in [6, 6.07) is 80.8. The van der Waals surface area contributed by atoms with Crippen LogP contribution in [0.2, 0.25) is 0 Å². The molecule has 0 saturated carbocycles. The summed E-state index contributed by atoms with van der Waals surface area (Å²) < 4.78 is 6.52. The lowest BCUT2D eigenvalue weighted by atomic mass is 9.82. The summed E-state index contributed by atoms with van der Waals surface area (Å²) in [7, 11) is 0. The van der Waals surface area contributed by atoms with Crippen LogP contribution >= 0.6 is 0 Å². The van der Waals surface area contributed by atoms with Gasteiger partial charge in [-0.15, -0.1) is 6.42 Å². The van der Waals surface area contributed by atoms with Crippen LogP contribution in [0, 0.1) is 47.0 Å². The molecule has 3 heteroatoms. The minimum Gasteiger partial charge on any atom is -0.457 e. The predicted octanol–water partition coefficient (Wildman–Crippen LogP) is 22.2. The van der Waals surface area contributed by atoms with Crippen LogP contribution in [0.3, 0.4) is 0 Å². The summed E-state index contributed by atoms with van der Waals surface area (Å²) >= 11 is 0. The summed E-state index contributed by atoms with van der Waals surface area (Å²) in [5.41, 5.74) is 24.9. The Kier molecular flexibility index (Phi) is 25.6. The molecule has 9 aromatic rings. The highest BCUT2D eigenvalue weighted by Gasteiger charge is 2.36. The Bertz CT molecular complexity index is 4170. The first kappa shape index (κ1) is 66.7. The van der Waals surface area contributed by atoms with E-state index in [0.29, 0.717) is 39.4 Å². The van der Waals surface area contributed by atoms with Gasteiger partial charge in [0.15, 0.2) is 11.6 Å². The van der Waals surface area contributed by atoms with E-state index in [1.165, 1.54) is 11.1 Å². The van der Waals surface area contributed by atoms with Gasteiger partial charge in [0.2, 0.25) is 0 Å². The van der Waals surface area contributed by atoms with Crippen LogP contribution in [0.4, 0.5) is 0 Å². The van der Waals surface area contributed by atoms with Crippen LogP contribution in [0.5, 0.6) is 11.5 Å². The molecule has 0 radical (unpaired) electrons. The lowest BCUT2D eigenvalue weighted by molar-refractivity contribution is -0.111. The Labute approximate surface area is 535 Å². The SMILES string of the molecule is C#Cc1ccccc1.C=C(C(=O)/C(C1=CCCC=C1)=C(/c1ccc(C)cc1)c1ccc(Oc2ccc(C3=C(c4ccccc4)C(=O)C(c4ccccc4)=C3c3cc(C)cc(C)c3)cc2)cc1)C1=CC=C=C=C1.CC.CC.Cc1ccccc1.Cc1ccccc1. The van der Waals surface area contributed by atoms with Gasteiger partial charge in [-0.25, -0.2) is 0 Å². The highest BCUT2D eigenvalue weighted by Crippen LogP contribution is 2.50. The number of terminal acetylenes is 1. The number of carbonyl (C=O) groups is 2. The van der Waals surface area contributed by atoms with Crippen molar-refractivity contribution in [3.8, 4) is 23.8 Å². The molecule has 0 saturated heterocycles. The van der Waals surface area contributed by atoms with E-state index in [1.807, 2.05) is 216 Å². The van der Waals surface area contributed by atoms with Gasteiger partial charge in [0, 0.05) is 44.6 Å². The molecule has 3 nitrogen and oxygen atoms in total. The molecule has 12 rings (SSSR count). The molecule has 0 aliphatic heterocycles. The molecule has 0 amide bonds. The van der Waals surface area contributed by atoms with Gasteiger partial charge in [-0.05, 0) is 147 Å². The van der Waals surface area contributed by atoms with Crippen molar-refractivity contribution in [3.63, 3.8) is 0 Å². The number of benzene rings is 9. The Morgan fingerprint density at radius 1 is 0.467 bits per heavy atom. The molecule has 3 aliphatic carbocycles. The second-order valence-corrected chi connectivity index (χ2v) is 21.2. The van der Waals surface area contributed by atoms with E-state index in [0.717, 1.165) is 90.8 Å². The van der Waals surface area contributed by atoms with Crippen molar-refractivity contribution in [2.45, 2.75) is 75.2 Å². The summed E-state index contributed by atoms with van der Waals surface area (Å²) in [6.45, 7) is 22.7. The average molecular weight is 1170 g/mol. The van der Waals surface area contributed by atoms with Crippen LogP contribution in [0.25, 0.3) is 27.9 Å². The van der Waals surface area contributed by atoms with E-state index in [9.17, 15) is 9.59 Å². The smallest absolute Gasteiger partial charge is 0.195 e. The highest BCUT2D eigenvalue weighted by atomic mass is 16.5. The summed E-state index contributed by atoms with van der Waals surface area (Å²) in [5.74, 6) is 3.68. The van der Waals surface area contributed by atoms with E-state index in [1.54, 1.807) is 12.2 Å². The van der Waals surface area contributed by atoms with Gasteiger partial charge in [-0.3, -0.25) is 9.59 Å². The van der Waals surface area contributed by atoms with Crippen LogP contribution in [-0.2, 0) is 9.59 Å². The number of allylic oxidation sites excluding steroid dienone is 14. The van der Waals surface area contributed by atoms with Crippen molar-refractivity contribution < 1.29 is 14.3 Å². The third-order valence-electron chi connectivity index (χ3n) is 14.6. The highest BCUT2D eigenvalue weighted by molar-refractivity contribution is 6.59. The maximum atomic E-state index is 14.8. The number of hydrogen-bond donors (Lipinski definition) is 0. The second kappa shape index (κ2) is 34.5. The molecule has 90 heavy (non-hydrogen) atoms. The number of ketones is 2. The third-order valence-corrected chi connectivity index (χ3v) is 14.6. The molecule has 0 unspecified atom stereocenters. The maximum absolute atomic E-state index is 14.8. The summed E-state index contributed by atoms with van der Waals surface area (Å²) in [6.07, 6.45) is 18.5. The van der Waals surface area contributed by atoms with Gasteiger partial charge in [-0.2, -0.15) is 0 Å². The number of carbonyl (C=O) groups excluding carboxylic acids is 2. The minimum absolute atomic E-state index is 0.00298. The van der Waals surface area contributed by atoms with Gasteiger partial charge in [0.25, 0.3) is 0 Å². The van der Waals surface area contributed by atoms with Crippen LogP contribution in [-0.4, -0.2) is 11.6 Å². The van der Waals surface area contributed by atoms with Gasteiger partial charge >= 0.3 is 0 Å². The molecule has 0 N–H and O–H groups in total. The molecule has 0 heterocycles. The van der Waals surface area contributed by atoms with Crippen molar-refractivity contribution in [2.75, 3.05) is 0 Å². The van der Waals surface area contributed by atoms with E-state index < -0.39 is 0 Å². The molecule has 0 spiro atoms. The molecule has 0 aromatic heterocycles. The fourth-order valence-electron chi connectivity index (χ4n) is 10.4. The van der Waals surface area contributed by atoms with Crippen LogP contribution in [0.15, 0.2) is 319 Å². The number of hydrogen-bond acceptors (Lipinski definition) is 3. The van der Waals surface area contributed by atoms with Crippen LogP contribution < -0.4 is 4.74 Å². The second-order valence-electron chi connectivity index (χ2n) is 21.2. The normalized spacial score (nSPS) is 12.6. The first-order valence-electron chi connectivity index (χ1n) is 30.9. The monoisotopic (exact) mass is 1170 g/mol. The Morgan fingerprint density at radius 2 is 0.900 bits per heavy atom. The van der Waals surface area contributed by atoms with E-state index >= 15 is 0 Å². The fourth-order valence-corrected chi connectivity index (χ4v) is 10.4. The first-order chi connectivity index (χ1) is 43.9. The van der Waals surface area contributed by atoms with Gasteiger partial charge in [-0.1, -0.05) is 304 Å². The number of ether oxygens (including phenoxy) is 1. The van der Waals surface area contributed by atoms with Crippen molar-refractivity contribution in [1.82, 2.24) is 0 Å². The zero-order valence-electron chi connectivity index (χ0n) is 53.5. The molecule has 446 valence electrons. The van der Waals surface area contributed by atoms with Crippen LogP contribution in [0.1, 0.15) is 107 Å². The largest absolute Gasteiger partial charge is 0.457 e. The molecule has 3 aliphatic rings. The topological polar surface area (TPSA) is 43.4 Å². The minimum atomic E-state index is -0.144. The molecular weight excluding hydrogens is 1090 g/mol. The zero-order chi connectivity index (χ0) is 64.2. The average Bonchev–Trinajstić information content (AvgIpc) is 1.58. The molecule has 0 atom stereocenters. The van der Waals surface area contributed by atoms with Crippen molar-refractivity contribution in [2.24, 2.45) is 0 Å². The zero-order valence-corrected chi connectivity index (χ0v) is 53.5. The quantitative estimate of drug-likeness (QED) is 0.0696. The number of rotatable bonds is 12. The Balaban J connectivity index is 0.000000367. The number of aryl methyl sites for hydroxylation is 5. The Morgan fingerprint density at radius 3 is 1.32 bits per heavy atom.